The number of rotatable bonds is 4. The number of allylic oxidation sites excluding steroid dienone is 1. The van der Waals surface area contributed by atoms with Crippen LogP contribution in [0.2, 0.25) is 0 Å². The molecule has 6 nitrogen and oxygen atoms in total. The van der Waals surface area contributed by atoms with Crippen molar-refractivity contribution in [2.45, 2.75) is 19.9 Å². The molecule has 138 valence electrons. The summed E-state index contributed by atoms with van der Waals surface area (Å²) in [6.07, 6.45) is 2.75. The monoisotopic (exact) mass is 361 g/mol. The Morgan fingerprint density at radius 1 is 1.30 bits per heavy atom. The van der Waals surface area contributed by atoms with Crippen molar-refractivity contribution in [3.63, 3.8) is 0 Å². The molecule has 0 bridgehead atoms. The number of methoxy groups -OCH3 is 1. The standard InChI is InChI=1S/C21H23N5O/c1-13(2)16-7-5-6-14-11-22-21(25-19(14)16)24-18-10-15-12-26(3)9-8-17(15)23-20(18)27-4/h5-7,10-11H,1,8-9,12H2,2-4H3,(H,22,24,25). The van der Waals surface area contributed by atoms with E-state index in [1.807, 2.05) is 31.3 Å². The van der Waals surface area contributed by atoms with Gasteiger partial charge >= 0.3 is 0 Å². The van der Waals surface area contributed by atoms with E-state index in [1.54, 1.807) is 7.11 Å². The number of pyridine rings is 1. The first-order valence-corrected chi connectivity index (χ1v) is 8.99. The number of nitrogens with one attached hydrogen (secondary N) is 1. The zero-order valence-corrected chi connectivity index (χ0v) is 15.9. The minimum Gasteiger partial charge on any atom is -0.480 e. The van der Waals surface area contributed by atoms with E-state index in [0.29, 0.717) is 11.8 Å². The zero-order valence-electron chi connectivity index (χ0n) is 15.9. The van der Waals surface area contributed by atoms with E-state index >= 15 is 0 Å². The Morgan fingerprint density at radius 2 is 2.15 bits per heavy atom. The normalized spacial score (nSPS) is 14.0. The highest BCUT2D eigenvalue weighted by Crippen LogP contribution is 2.30. The molecular weight excluding hydrogens is 338 g/mol. The number of hydrogen-bond donors (Lipinski definition) is 1. The Bertz CT molecular complexity index is 1030. The molecule has 0 spiro atoms. The number of aromatic nitrogens is 3. The molecule has 0 fully saturated rings. The fourth-order valence-electron chi connectivity index (χ4n) is 3.42. The van der Waals surface area contributed by atoms with Crippen molar-refractivity contribution in [1.82, 2.24) is 19.9 Å². The molecule has 4 rings (SSSR count). The second-order valence-corrected chi connectivity index (χ2v) is 6.98. The predicted octanol–water partition coefficient (Wildman–Crippen LogP) is 3.80. The number of anilines is 2. The van der Waals surface area contributed by atoms with Crippen LogP contribution in [-0.4, -0.2) is 40.6 Å². The molecule has 1 aromatic carbocycles. The first-order valence-electron chi connectivity index (χ1n) is 8.99. The smallest absolute Gasteiger partial charge is 0.237 e. The van der Waals surface area contributed by atoms with Gasteiger partial charge in [-0.05, 0) is 31.2 Å². The van der Waals surface area contributed by atoms with Gasteiger partial charge in [0.15, 0.2) is 0 Å². The molecule has 2 aromatic heterocycles. The minimum atomic E-state index is 0.514. The van der Waals surface area contributed by atoms with Crippen molar-refractivity contribution in [2.24, 2.45) is 0 Å². The molecular formula is C21H23N5O. The molecule has 27 heavy (non-hydrogen) atoms. The molecule has 0 saturated carbocycles. The highest BCUT2D eigenvalue weighted by atomic mass is 16.5. The lowest BCUT2D eigenvalue weighted by Gasteiger charge is -2.25. The van der Waals surface area contributed by atoms with Crippen molar-refractivity contribution in [1.29, 1.82) is 0 Å². The van der Waals surface area contributed by atoms with E-state index in [4.69, 9.17) is 9.72 Å². The summed E-state index contributed by atoms with van der Waals surface area (Å²) in [7, 11) is 3.75. The quantitative estimate of drug-likeness (QED) is 0.763. The third kappa shape index (κ3) is 3.36. The molecule has 0 radical (unpaired) electrons. The van der Waals surface area contributed by atoms with E-state index in [9.17, 15) is 0 Å². The maximum absolute atomic E-state index is 5.50. The van der Waals surface area contributed by atoms with E-state index in [1.165, 1.54) is 5.56 Å². The molecule has 0 amide bonds. The molecule has 0 saturated heterocycles. The lowest BCUT2D eigenvalue weighted by atomic mass is 10.1. The van der Waals surface area contributed by atoms with Crippen molar-refractivity contribution in [3.8, 4) is 5.88 Å². The lowest BCUT2D eigenvalue weighted by molar-refractivity contribution is 0.307. The van der Waals surface area contributed by atoms with Crippen LogP contribution in [0.25, 0.3) is 16.5 Å². The highest BCUT2D eigenvalue weighted by molar-refractivity contribution is 5.90. The van der Waals surface area contributed by atoms with Gasteiger partial charge in [0.1, 0.15) is 5.69 Å². The van der Waals surface area contributed by atoms with Gasteiger partial charge in [-0.3, -0.25) is 0 Å². The van der Waals surface area contributed by atoms with Gasteiger partial charge in [-0.1, -0.05) is 24.8 Å². The van der Waals surface area contributed by atoms with Gasteiger partial charge in [-0.2, -0.15) is 0 Å². The van der Waals surface area contributed by atoms with Crippen molar-refractivity contribution in [3.05, 3.63) is 53.9 Å². The second-order valence-electron chi connectivity index (χ2n) is 6.98. The number of nitrogens with zero attached hydrogens (tertiary/aromatic N) is 4. The van der Waals surface area contributed by atoms with Crippen LogP contribution in [0.4, 0.5) is 11.6 Å². The first kappa shape index (κ1) is 17.4. The molecule has 6 heteroatoms. The van der Waals surface area contributed by atoms with Crippen LogP contribution in [-0.2, 0) is 13.0 Å². The maximum Gasteiger partial charge on any atom is 0.237 e. The topological polar surface area (TPSA) is 63.2 Å². The van der Waals surface area contributed by atoms with E-state index in [0.717, 1.165) is 52.9 Å². The molecule has 0 atom stereocenters. The summed E-state index contributed by atoms with van der Waals surface area (Å²) in [5.41, 5.74) is 5.96. The van der Waals surface area contributed by atoms with Crippen LogP contribution in [0.5, 0.6) is 5.88 Å². The predicted molar refractivity (Wildman–Crippen MR) is 108 cm³/mol. The van der Waals surface area contributed by atoms with Gasteiger partial charge in [0.05, 0.1) is 18.3 Å². The molecule has 0 unspecified atom stereocenters. The molecule has 3 aromatic rings. The highest BCUT2D eigenvalue weighted by Gasteiger charge is 2.19. The largest absolute Gasteiger partial charge is 0.480 e. The van der Waals surface area contributed by atoms with Crippen LogP contribution in [0.1, 0.15) is 23.7 Å². The Labute approximate surface area is 158 Å². The average molecular weight is 361 g/mol. The van der Waals surface area contributed by atoms with E-state index < -0.39 is 0 Å². The summed E-state index contributed by atoms with van der Waals surface area (Å²) in [5, 5.41) is 4.27. The summed E-state index contributed by atoms with van der Waals surface area (Å²) in [6.45, 7) is 7.92. The Hall–Kier alpha value is -2.99. The van der Waals surface area contributed by atoms with Crippen LogP contribution in [0.15, 0.2) is 37.0 Å². The molecule has 0 aliphatic carbocycles. The summed E-state index contributed by atoms with van der Waals surface area (Å²) in [5.74, 6) is 1.08. The average Bonchev–Trinajstić information content (AvgIpc) is 2.66. The second kappa shape index (κ2) is 6.96. The number of benzene rings is 1. The summed E-state index contributed by atoms with van der Waals surface area (Å²) in [6, 6.07) is 8.12. The number of fused-ring (bicyclic) bond motifs is 2. The van der Waals surface area contributed by atoms with Crippen LogP contribution < -0.4 is 10.1 Å². The molecule has 1 aliphatic rings. The molecule has 1 aliphatic heterocycles. The maximum atomic E-state index is 5.50. The van der Waals surface area contributed by atoms with Crippen molar-refractivity contribution < 1.29 is 4.74 Å². The van der Waals surface area contributed by atoms with E-state index in [-0.39, 0.29) is 0 Å². The number of para-hydroxylation sites is 1. The van der Waals surface area contributed by atoms with Crippen molar-refractivity contribution >= 4 is 28.1 Å². The summed E-state index contributed by atoms with van der Waals surface area (Å²) >= 11 is 0. The van der Waals surface area contributed by atoms with Crippen LogP contribution in [0, 0.1) is 0 Å². The number of likely N-dealkylation sites (N-methyl/N-ethyl adjacent to an activating group) is 1. The van der Waals surface area contributed by atoms with Gasteiger partial charge in [0, 0.05) is 36.7 Å². The molecule has 3 heterocycles. The lowest BCUT2D eigenvalue weighted by Crippen LogP contribution is -2.27. The molecule has 1 N–H and O–H groups in total. The van der Waals surface area contributed by atoms with Crippen LogP contribution >= 0.6 is 0 Å². The minimum absolute atomic E-state index is 0.514. The zero-order chi connectivity index (χ0) is 19.0. The Balaban J connectivity index is 1.74. The van der Waals surface area contributed by atoms with Gasteiger partial charge in [-0.15, -0.1) is 0 Å². The van der Waals surface area contributed by atoms with E-state index in [2.05, 4.69) is 39.9 Å². The fourth-order valence-corrected chi connectivity index (χ4v) is 3.42. The van der Waals surface area contributed by atoms with Crippen LogP contribution in [0.3, 0.4) is 0 Å². The SMILES string of the molecule is C=C(C)c1cccc2cnc(Nc3cc4c(nc3OC)CCN(C)C4)nc12. The number of hydrogen-bond acceptors (Lipinski definition) is 6. The first-order chi connectivity index (χ1) is 13.0. The van der Waals surface area contributed by atoms with Gasteiger partial charge in [0.2, 0.25) is 11.8 Å². The summed E-state index contributed by atoms with van der Waals surface area (Å²) < 4.78 is 5.50. The third-order valence-electron chi connectivity index (χ3n) is 4.84. The van der Waals surface area contributed by atoms with Gasteiger partial charge < -0.3 is 15.0 Å². The number of ether oxygens (including phenoxy) is 1. The van der Waals surface area contributed by atoms with Gasteiger partial charge in [0.25, 0.3) is 0 Å². The third-order valence-corrected chi connectivity index (χ3v) is 4.84. The Morgan fingerprint density at radius 3 is 2.93 bits per heavy atom. The van der Waals surface area contributed by atoms with Crippen molar-refractivity contribution in [2.75, 3.05) is 26.0 Å². The fraction of sp³-hybridized carbons (Fsp3) is 0.286. The summed E-state index contributed by atoms with van der Waals surface area (Å²) in [4.78, 5) is 16.1. The van der Waals surface area contributed by atoms with Gasteiger partial charge in [-0.25, -0.2) is 15.0 Å². The Kier molecular flexibility index (Phi) is 4.49.